The molecule has 1 fully saturated rings. The number of aliphatic carboxylic acids is 1. The number of carbonyl (C=O) groups excluding carboxylic acids is 1. The van der Waals surface area contributed by atoms with Gasteiger partial charge >= 0.3 is 5.97 Å². The Morgan fingerprint density at radius 3 is 2.33 bits per heavy atom. The van der Waals surface area contributed by atoms with E-state index in [2.05, 4.69) is 20.4 Å². The second-order valence-corrected chi connectivity index (χ2v) is 5.63. The summed E-state index contributed by atoms with van der Waals surface area (Å²) in [6.45, 7) is 1.88. The lowest BCUT2D eigenvalue weighted by Gasteiger charge is -2.16. The van der Waals surface area contributed by atoms with Crippen LogP contribution in [0.4, 0.5) is 5.82 Å². The summed E-state index contributed by atoms with van der Waals surface area (Å²) in [5.41, 5.74) is 0.597. The number of hydrogen-bond acceptors (Lipinski definition) is 5. The van der Waals surface area contributed by atoms with Gasteiger partial charge in [0.25, 0.3) is 5.91 Å². The van der Waals surface area contributed by atoms with Gasteiger partial charge in [-0.25, -0.2) is 4.79 Å². The summed E-state index contributed by atoms with van der Waals surface area (Å²) in [6.07, 6.45) is 2.25. The highest BCUT2D eigenvalue weighted by molar-refractivity contribution is 5.95. The number of nitrogens with one attached hydrogen (secondary N) is 1. The maximum absolute atomic E-state index is 12.3. The molecule has 1 amide bonds. The van der Waals surface area contributed by atoms with Crippen molar-refractivity contribution in [3.05, 3.63) is 53.7 Å². The number of amides is 1. The molecule has 2 N–H and O–H groups in total. The molecule has 2 heterocycles. The molecule has 0 unspecified atom stereocenters. The van der Waals surface area contributed by atoms with Gasteiger partial charge in [0, 0.05) is 13.1 Å². The van der Waals surface area contributed by atoms with Crippen molar-refractivity contribution >= 4 is 17.7 Å². The minimum Gasteiger partial charge on any atom is -0.479 e. The first-order valence-electron chi connectivity index (χ1n) is 7.82. The fraction of sp³-hybridized carbons (Fsp3) is 0.294. The Bertz CT molecular complexity index is 712. The maximum atomic E-state index is 12.3. The maximum Gasteiger partial charge on any atom is 0.330 e. The Hall–Kier alpha value is -2.96. The zero-order valence-corrected chi connectivity index (χ0v) is 13.1. The van der Waals surface area contributed by atoms with Crippen LogP contribution in [0, 0.1) is 0 Å². The second kappa shape index (κ2) is 7.08. The van der Waals surface area contributed by atoms with Crippen LogP contribution >= 0.6 is 0 Å². The molecule has 0 saturated carbocycles. The first-order valence-corrected chi connectivity index (χ1v) is 7.82. The minimum atomic E-state index is -1.13. The molecule has 0 bridgehead atoms. The van der Waals surface area contributed by atoms with Gasteiger partial charge in [-0.05, 0) is 30.5 Å². The largest absolute Gasteiger partial charge is 0.479 e. The van der Waals surface area contributed by atoms with Crippen molar-refractivity contribution in [3.63, 3.8) is 0 Å². The molecular formula is C17H18N4O3. The van der Waals surface area contributed by atoms with Crippen LogP contribution in [0.15, 0.2) is 42.5 Å². The standard InChI is InChI=1S/C17H18N4O3/c22-16(18-15(17(23)24)12-6-2-1-3-7-12)13-8-9-14(20-19-13)21-10-4-5-11-21/h1-3,6-9,15H,4-5,10-11H2,(H,18,22)(H,23,24)/t15-/m0/s1. The zero-order chi connectivity index (χ0) is 16.9. The van der Waals surface area contributed by atoms with Gasteiger partial charge in [-0.3, -0.25) is 4.79 Å². The molecule has 124 valence electrons. The van der Waals surface area contributed by atoms with E-state index in [1.54, 1.807) is 42.5 Å². The van der Waals surface area contributed by atoms with Crippen LogP contribution in [0.5, 0.6) is 0 Å². The molecule has 3 rings (SSSR count). The van der Waals surface area contributed by atoms with E-state index in [4.69, 9.17) is 0 Å². The lowest BCUT2D eigenvalue weighted by molar-refractivity contribution is -0.139. The lowest BCUT2D eigenvalue weighted by atomic mass is 10.1. The third kappa shape index (κ3) is 3.51. The van der Waals surface area contributed by atoms with E-state index in [1.165, 1.54) is 0 Å². The molecular weight excluding hydrogens is 308 g/mol. The van der Waals surface area contributed by atoms with Gasteiger partial charge in [-0.1, -0.05) is 30.3 Å². The quantitative estimate of drug-likeness (QED) is 0.867. The molecule has 7 heteroatoms. The van der Waals surface area contributed by atoms with E-state index in [9.17, 15) is 14.7 Å². The number of aromatic nitrogens is 2. The SMILES string of the molecule is O=C(N[C@H](C(=O)O)c1ccccc1)c1ccc(N2CCCC2)nn1. The number of benzene rings is 1. The van der Waals surface area contributed by atoms with Crippen molar-refractivity contribution in [3.8, 4) is 0 Å². The monoisotopic (exact) mass is 326 g/mol. The third-order valence-electron chi connectivity index (χ3n) is 3.97. The third-order valence-corrected chi connectivity index (χ3v) is 3.97. The fourth-order valence-corrected chi connectivity index (χ4v) is 2.70. The Morgan fingerprint density at radius 1 is 1.04 bits per heavy atom. The molecule has 24 heavy (non-hydrogen) atoms. The Labute approximate surface area is 139 Å². The van der Waals surface area contributed by atoms with E-state index in [1.807, 2.05) is 0 Å². The van der Waals surface area contributed by atoms with E-state index in [0.29, 0.717) is 5.56 Å². The normalized spacial score (nSPS) is 15.1. The van der Waals surface area contributed by atoms with Gasteiger partial charge in [0.2, 0.25) is 0 Å². The van der Waals surface area contributed by atoms with Crippen molar-refractivity contribution in [2.75, 3.05) is 18.0 Å². The molecule has 0 aliphatic carbocycles. The minimum absolute atomic E-state index is 0.0973. The van der Waals surface area contributed by atoms with Crippen molar-refractivity contribution < 1.29 is 14.7 Å². The van der Waals surface area contributed by atoms with Gasteiger partial charge in [-0.15, -0.1) is 10.2 Å². The summed E-state index contributed by atoms with van der Waals surface area (Å²) in [6, 6.07) is 10.7. The fourth-order valence-electron chi connectivity index (χ4n) is 2.70. The van der Waals surface area contributed by atoms with Gasteiger partial charge in [0.1, 0.15) is 0 Å². The molecule has 7 nitrogen and oxygen atoms in total. The van der Waals surface area contributed by atoms with E-state index >= 15 is 0 Å². The van der Waals surface area contributed by atoms with Gasteiger partial charge in [-0.2, -0.15) is 0 Å². The summed E-state index contributed by atoms with van der Waals surface area (Å²) in [5, 5.41) is 19.8. The summed E-state index contributed by atoms with van der Waals surface area (Å²) in [5.74, 6) is -0.954. The Balaban J connectivity index is 1.72. The zero-order valence-electron chi connectivity index (χ0n) is 13.1. The predicted molar refractivity (Wildman–Crippen MR) is 87.8 cm³/mol. The van der Waals surface area contributed by atoms with Crippen molar-refractivity contribution in [1.82, 2.24) is 15.5 Å². The molecule has 2 aromatic rings. The summed E-state index contributed by atoms with van der Waals surface area (Å²) in [7, 11) is 0. The highest BCUT2D eigenvalue weighted by Crippen LogP contribution is 2.17. The number of carboxylic acids is 1. The molecule has 1 saturated heterocycles. The molecule has 0 spiro atoms. The molecule has 1 aliphatic heterocycles. The highest BCUT2D eigenvalue weighted by Gasteiger charge is 2.23. The van der Waals surface area contributed by atoms with E-state index < -0.39 is 17.9 Å². The van der Waals surface area contributed by atoms with Gasteiger partial charge in [0.15, 0.2) is 17.6 Å². The Morgan fingerprint density at radius 2 is 1.75 bits per heavy atom. The smallest absolute Gasteiger partial charge is 0.330 e. The first kappa shape index (κ1) is 15.9. The van der Waals surface area contributed by atoms with Gasteiger partial charge in [0.05, 0.1) is 0 Å². The number of rotatable bonds is 5. The lowest BCUT2D eigenvalue weighted by Crippen LogP contribution is -2.34. The van der Waals surface area contributed by atoms with E-state index in [0.717, 1.165) is 31.7 Å². The van der Waals surface area contributed by atoms with Gasteiger partial charge < -0.3 is 15.3 Å². The van der Waals surface area contributed by atoms with E-state index in [-0.39, 0.29) is 5.69 Å². The van der Waals surface area contributed by atoms with Crippen molar-refractivity contribution in [1.29, 1.82) is 0 Å². The first-order chi connectivity index (χ1) is 11.6. The number of carboxylic acid groups (broad SMARTS) is 1. The molecule has 1 aliphatic rings. The van der Waals surface area contributed by atoms with Crippen LogP contribution in [0.2, 0.25) is 0 Å². The number of carbonyl (C=O) groups is 2. The van der Waals surface area contributed by atoms with Crippen LogP contribution in [-0.2, 0) is 4.79 Å². The second-order valence-electron chi connectivity index (χ2n) is 5.63. The summed E-state index contributed by atoms with van der Waals surface area (Å²) >= 11 is 0. The van der Waals surface area contributed by atoms with Crippen LogP contribution in [0.25, 0.3) is 0 Å². The molecule has 1 aromatic carbocycles. The summed E-state index contributed by atoms with van der Waals surface area (Å²) < 4.78 is 0. The molecule has 1 atom stereocenters. The Kier molecular flexibility index (Phi) is 4.69. The number of nitrogens with zero attached hydrogens (tertiary/aromatic N) is 3. The van der Waals surface area contributed by atoms with Crippen LogP contribution in [-0.4, -0.2) is 40.3 Å². The predicted octanol–water partition coefficient (Wildman–Crippen LogP) is 1.63. The van der Waals surface area contributed by atoms with Crippen LogP contribution in [0.3, 0.4) is 0 Å². The topological polar surface area (TPSA) is 95.4 Å². The van der Waals surface area contributed by atoms with Crippen molar-refractivity contribution in [2.45, 2.75) is 18.9 Å². The van der Waals surface area contributed by atoms with Crippen LogP contribution in [0.1, 0.15) is 34.9 Å². The van der Waals surface area contributed by atoms with Crippen LogP contribution < -0.4 is 10.2 Å². The molecule has 1 aromatic heterocycles. The average molecular weight is 326 g/mol. The average Bonchev–Trinajstić information content (AvgIpc) is 3.15. The number of hydrogen-bond donors (Lipinski definition) is 2. The molecule has 0 radical (unpaired) electrons. The van der Waals surface area contributed by atoms with Crippen molar-refractivity contribution in [2.24, 2.45) is 0 Å². The highest BCUT2D eigenvalue weighted by atomic mass is 16.4. The number of anilines is 1. The summed E-state index contributed by atoms with van der Waals surface area (Å²) in [4.78, 5) is 25.8.